The molecule has 0 fully saturated rings. The minimum Gasteiger partial charge on any atom is -0.480 e. The van der Waals surface area contributed by atoms with Crippen LogP contribution in [-0.4, -0.2) is 65.4 Å². The van der Waals surface area contributed by atoms with Crippen molar-refractivity contribution in [3.05, 3.63) is 35.9 Å². The molecule has 0 saturated carbocycles. The fraction of sp³-hybridized carbons (Fsp3) is 0.577. The Hall–Kier alpha value is -3.51. The van der Waals surface area contributed by atoms with Crippen LogP contribution >= 0.6 is 0 Å². The van der Waals surface area contributed by atoms with Gasteiger partial charge in [-0.1, -0.05) is 44.2 Å². The molecule has 12 heteroatoms. The summed E-state index contributed by atoms with van der Waals surface area (Å²) in [7, 11) is 0. The molecular formula is C26H42N6O6. The topological polar surface area (TPSA) is 220 Å². The fourth-order valence-electron chi connectivity index (χ4n) is 3.79. The van der Waals surface area contributed by atoms with Gasteiger partial charge in [0.1, 0.15) is 18.1 Å². The number of hydrogen-bond donors (Lipinski definition) is 7. The van der Waals surface area contributed by atoms with Gasteiger partial charge in [0.05, 0.1) is 6.04 Å². The zero-order valence-corrected chi connectivity index (χ0v) is 22.2. The molecular weight excluding hydrogens is 492 g/mol. The Morgan fingerprint density at radius 1 is 0.842 bits per heavy atom. The standard InChI is InChI=1S/C26H42N6O6/c1-16(2)14-21(25(36)31-20(26(37)38)10-6-7-13-27)32-24(35)19(11-12-22(29)33)30-23(34)18(28)15-17-8-4-3-5-9-17/h3-5,8-9,16,18-21H,6-7,10-15,27-28H2,1-2H3,(H2,29,33)(H,30,34)(H,31,36)(H,32,35)(H,37,38). The molecule has 1 aromatic carbocycles. The normalized spacial score (nSPS) is 14.1. The van der Waals surface area contributed by atoms with Gasteiger partial charge in [-0.05, 0) is 56.6 Å². The Morgan fingerprint density at radius 3 is 1.97 bits per heavy atom. The third-order valence-corrected chi connectivity index (χ3v) is 5.85. The lowest BCUT2D eigenvalue weighted by Crippen LogP contribution is -2.57. The minimum atomic E-state index is -1.19. The van der Waals surface area contributed by atoms with E-state index in [4.69, 9.17) is 17.2 Å². The quantitative estimate of drug-likeness (QED) is 0.122. The SMILES string of the molecule is CC(C)CC(NC(=O)C(CCC(N)=O)NC(=O)C(N)Cc1ccccc1)C(=O)NC(CCCCN)C(=O)O. The first-order valence-corrected chi connectivity index (χ1v) is 12.9. The predicted molar refractivity (Wildman–Crippen MR) is 142 cm³/mol. The summed E-state index contributed by atoms with van der Waals surface area (Å²) in [4.78, 5) is 61.9. The smallest absolute Gasteiger partial charge is 0.326 e. The maximum absolute atomic E-state index is 13.2. The molecule has 1 rings (SSSR count). The molecule has 4 atom stereocenters. The first kappa shape index (κ1) is 32.5. The number of rotatable bonds is 18. The second kappa shape index (κ2) is 17.1. The van der Waals surface area contributed by atoms with Gasteiger partial charge in [-0.2, -0.15) is 0 Å². The number of nitrogens with one attached hydrogen (secondary N) is 3. The summed E-state index contributed by atoms with van der Waals surface area (Å²) >= 11 is 0. The van der Waals surface area contributed by atoms with Crippen molar-refractivity contribution in [2.75, 3.05) is 6.54 Å². The highest BCUT2D eigenvalue weighted by molar-refractivity contribution is 5.94. The largest absolute Gasteiger partial charge is 0.480 e. The number of primary amides is 1. The van der Waals surface area contributed by atoms with Crippen LogP contribution in [0.4, 0.5) is 0 Å². The average molecular weight is 535 g/mol. The molecule has 12 nitrogen and oxygen atoms in total. The number of unbranched alkanes of at least 4 members (excludes halogenated alkanes) is 1. The number of carbonyl (C=O) groups is 5. The molecule has 0 saturated heterocycles. The van der Waals surface area contributed by atoms with Crippen LogP contribution in [0.2, 0.25) is 0 Å². The van der Waals surface area contributed by atoms with Gasteiger partial charge in [0.2, 0.25) is 23.6 Å². The predicted octanol–water partition coefficient (Wildman–Crippen LogP) is -0.464. The minimum absolute atomic E-state index is 0.0236. The van der Waals surface area contributed by atoms with Crippen LogP contribution in [0.25, 0.3) is 0 Å². The molecule has 0 aliphatic carbocycles. The molecule has 0 heterocycles. The highest BCUT2D eigenvalue weighted by atomic mass is 16.4. The van der Waals surface area contributed by atoms with Crippen LogP contribution in [0, 0.1) is 5.92 Å². The van der Waals surface area contributed by atoms with Gasteiger partial charge in [0.25, 0.3) is 0 Å². The Kier molecular flexibility index (Phi) is 14.6. The lowest BCUT2D eigenvalue weighted by atomic mass is 10.0. The van der Waals surface area contributed by atoms with Crippen LogP contribution in [0.15, 0.2) is 30.3 Å². The molecule has 10 N–H and O–H groups in total. The maximum Gasteiger partial charge on any atom is 0.326 e. The van der Waals surface area contributed by atoms with Gasteiger partial charge in [0, 0.05) is 6.42 Å². The van der Waals surface area contributed by atoms with Gasteiger partial charge in [-0.3, -0.25) is 19.2 Å². The number of carboxylic acids is 1. The molecule has 0 aromatic heterocycles. The van der Waals surface area contributed by atoms with E-state index in [2.05, 4.69) is 16.0 Å². The van der Waals surface area contributed by atoms with Crippen molar-refractivity contribution in [2.24, 2.45) is 23.1 Å². The maximum atomic E-state index is 13.2. The van der Waals surface area contributed by atoms with Crippen molar-refractivity contribution < 1.29 is 29.1 Å². The van der Waals surface area contributed by atoms with Crippen LogP contribution in [-0.2, 0) is 30.4 Å². The van der Waals surface area contributed by atoms with E-state index >= 15 is 0 Å². The highest BCUT2D eigenvalue weighted by Crippen LogP contribution is 2.09. The number of nitrogens with two attached hydrogens (primary N) is 3. The Morgan fingerprint density at radius 2 is 1.42 bits per heavy atom. The summed E-state index contributed by atoms with van der Waals surface area (Å²) in [5.41, 5.74) is 17.6. The van der Waals surface area contributed by atoms with E-state index in [0.29, 0.717) is 19.4 Å². The summed E-state index contributed by atoms with van der Waals surface area (Å²) in [5, 5.41) is 17.2. The van der Waals surface area contributed by atoms with E-state index in [-0.39, 0.29) is 38.0 Å². The lowest BCUT2D eigenvalue weighted by Gasteiger charge is -2.26. The molecule has 4 amide bonds. The van der Waals surface area contributed by atoms with E-state index in [1.165, 1.54) is 0 Å². The van der Waals surface area contributed by atoms with Crippen molar-refractivity contribution in [2.45, 2.75) is 83.0 Å². The first-order valence-electron chi connectivity index (χ1n) is 12.9. The van der Waals surface area contributed by atoms with Crippen molar-refractivity contribution in [3.63, 3.8) is 0 Å². The van der Waals surface area contributed by atoms with Crippen molar-refractivity contribution in [1.29, 1.82) is 0 Å². The number of carboxylic acid groups (broad SMARTS) is 1. The third kappa shape index (κ3) is 12.6. The zero-order valence-electron chi connectivity index (χ0n) is 22.2. The summed E-state index contributed by atoms with van der Waals surface area (Å²) in [6, 6.07) is 4.76. The van der Waals surface area contributed by atoms with E-state index < -0.39 is 53.8 Å². The zero-order chi connectivity index (χ0) is 28.7. The molecule has 212 valence electrons. The van der Waals surface area contributed by atoms with Gasteiger partial charge in [0.15, 0.2) is 0 Å². The second-order valence-electron chi connectivity index (χ2n) is 9.74. The molecule has 0 radical (unpaired) electrons. The fourth-order valence-corrected chi connectivity index (χ4v) is 3.79. The molecule has 1 aromatic rings. The number of hydrogen-bond acceptors (Lipinski definition) is 7. The number of amides is 4. The summed E-state index contributed by atoms with van der Waals surface area (Å²) in [6.07, 6.45) is 1.48. The Bertz CT molecular complexity index is 926. The molecule has 0 aliphatic heterocycles. The lowest BCUT2D eigenvalue weighted by molar-refractivity contribution is -0.142. The number of aliphatic carboxylic acids is 1. The molecule has 0 bridgehead atoms. The van der Waals surface area contributed by atoms with Crippen LogP contribution in [0.3, 0.4) is 0 Å². The van der Waals surface area contributed by atoms with E-state index in [1.807, 2.05) is 44.2 Å². The first-order chi connectivity index (χ1) is 17.9. The van der Waals surface area contributed by atoms with Crippen LogP contribution < -0.4 is 33.2 Å². The third-order valence-electron chi connectivity index (χ3n) is 5.85. The van der Waals surface area contributed by atoms with Gasteiger partial charge in [-0.15, -0.1) is 0 Å². The van der Waals surface area contributed by atoms with Crippen LogP contribution in [0.1, 0.15) is 57.9 Å². The second-order valence-corrected chi connectivity index (χ2v) is 9.74. The number of carbonyl (C=O) groups excluding carboxylic acids is 4. The van der Waals surface area contributed by atoms with E-state index in [1.54, 1.807) is 0 Å². The molecule has 0 aliphatic rings. The molecule has 0 spiro atoms. The molecule has 4 unspecified atom stereocenters. The van der Waals surface area contributed by atoms with E-state index in [0.717, 1.165) is 5.56 Å². The van der Waals surface area contributed by atoms with Crippen LogP contribution in [0.5, 0.6) is 0 Å². The summed E-state index contributed by atoms with van der Waals surface area (Å²) < 4.78 is 0. The Labute approximate surface area is 223 Å². The van der Waals surface area contributed by atoms with Crippen molar-refractivity contribution in [3.8, 4) is 0 Å². The van der Waals surface area contributed by atoms with Crippen molar-refractivity contribution in [1.82, 2.24) is 16.0 Å². The van der Waals surface area contributed by atoms with E-state index in [9.17, 15) is 29.1 Å². The highest BCUT2D eigenvalue weighted by Gasteiger charge is 2.30. The van der Waals surface area contributed by atoms with Gasteiger partial charge in [-0.25, -0.2) is 4.79 Å². The van der Waals surface area contributed by atoms with Crippen molar-refractivity contribution >= 4 is 29.6 Å². The monoisotopic (exact) mass is 534 g/mol. The Balaban J connectivity index is 2.97. The number of benzene rings is 1. The molecule has 38 heavy (non-hydrogen) atoms. The summed E-state index contributed by atoms with van der Waals surface area (Å²) in [5.74, 6) is -3.85. The summed E-state index contributed by atoms with van der Waals surface area (Å²) in [6.45, 7) is 4.09. The average Bonchev–Trinajstić information content (AvgIpc) is 2.85. The van der Waals surface area contributed by atoms with Gasteiger partial charge < -0.3 is 38.3 Å². The van der Waals surface area contributed by atoms with Gasteiger partial charge >= 0.3 is 5.97 Å².